The Bertz CT molecular complexity index is 1170. The largest absolute Gasteiger partial charge is 0.490 e. The molecule has 3 aromatic carbocycles. The lowest BCUT2D eigenvalue weighted by Crippen LogP contribution is -2.15. The minimum absolute atomic E-state index is 0.114. The highest BCUT2D eigenvalue weighted by Crippen LogP contribution is 2.29. The van der Waals surface area contributed by atoms with Crippen molar-refractivity contribution in [2.45, 2.75) is 45.1 Å². The van der Waals surface area contributed by atoms with Gasteiger partial charge in [0, 0.05) is 11.6 Å². The Kier molecular flexibility index (Phi) is 8.81. The van der Waals surface area contributed by atoms with Crippen molar-refractivity contribution in [3.05, 3.63) is 83.9 Å². The fraction of sp³-hybridized carbons (Fsp3) is 0.310. The van der Waals surface area contributed by atoms with Crippen molar-refractivity contribution < 1.29 is 28.9 Å². The van der Waals surface area contributed by atoms with Crippen LogP contribution in [0.4, 0.5) is 0 Å². The van der Waals surface area contributed by atoms with Crippen LogP contribution in [0.2, 0.25) is 0 Å². The number of oxime groups is 1. The molecule has 0 amide bonds. The average molecular weight is 490 g/mol. The fourth-order valence-corrected chi connectivity index (χ4v) is 4.08. The summed E-state index contributed by atoms with van der Waals surface area (Å²) < 4.78 is 18.2. The molecule has 1 N–H and O–H groups in total. The molecule has 0 atom stereocenters. The molecule has 0 aliphatic heterocycles. The minimum atomic E-state index is -0.909. The summed E-state index contributed by atoms with van der Waals surface area (Å²) in [5.41, 5.74) is 1.99. The normalized spacial score (nSPS) is 13.9. The maximum absolute atomic E-state index is 11.3. The van der Waals surface area contributed by atoms with Gasteiger partial charge in [-0.1, -0.05) is 35.5 Å². The first-order valence-electron chi connectivity index (χ1n) is 12.3. The van der Waals surface area contributed by atoms with E-state index in [-0.39, 0.29) is 19.1 Å². The lowest BCUT2D eigenvalue weighted by molar-refractivity contribution is -0.136. The van der Waals surface area contributed by atoms with Crippen LogP contribution < -0.4 is 14.2 Å². The number of nitrogens with zero attached hydrogens (tertiary/aromatic N) is 1. The second kappa shape index (κ2) is 12.6. The third-order valence-electron chi connectivity index (χ3n) is 5.73. The highest BCUT2D eigenvalue weighted by Gasteiger charge is 2.18. The Morgan fingerprint density at radius 3 is 2.42 bits per heavy atom. The molecule has 7 nitrogen and oxygen atoms in total. The van der Waals surface area contributed by atoms with Crippen LogP contribution in [0.5, 0.6) is 23.0 Å². The van der Waals surface area contributed by atoms with Crippen LogP contribution in [0.1, 0.15) is 43.7 Å². The first-order chi connectivity index (χ1) is 17.6. The van der Waals surface area contributed by atoms with E-state index in [0.29, 0.717) is 35.1 Å². The van der Waals surface area contributed by atoms with Crippen LogP contribution in [0.25, 0.3) is 0 Å². The summed E-state index contributed by atoms with van der Waals surface area (Å²) in [7, 11) is 0. The van der Waals surface area contributed by atoms with E-state index in [1.165, 1.54) is 0 Å². The Hall–Kier alpha value is -4.00. The summed E-state index contributed by atoms with van der Waals surface area (Å²) in [6.07, 6.45) is 4.34. The zero-order valence-corrected chi connectivity index (χ0v) is 20.4. The maximum Gasteiger partial charge on any atom is 0.307 e. The molecule has 0 heterocycles. The summed E-state index contributed by atoms with van der Waals surface area (Å²) in [5.74, 6) is 1.63. The number of ether oxygens (including phenoxy) is 3. The molecule has 0 radical (unpaired) electrons. The van der Waals surface area contributed by atoms with Crippen LogP contribution in [0.15, 0.2) is 78.0 Å². The molecule has 4 rings (SSSR count). The molecule has 1 saturated carbocycles. The number of aliphatic carboxylic acids is 1. The van der Waals surface area contributed by atoms with Crippen molar-refractivity contribution in [3.8, 4) is 23.0 Å². The summed E-state index contributed by atoms with van der Waals surface area (Å²) in [6.45, 7) is 2.39. The highest BCUT2D eigenvalue weighted by atomic mass is 16.6. The molecule has 1 fully saturated rings. The zero-order chi connectivity index (χ0) is 25.2. The zero-order valence-electron chi connectivity index (χ0n) is 20.4. The van der Waals surface area contributed by atoms with Gasteiger partial charge in [0.2, 0.25) is 0 Å². The van der Waals surface area contributed by atoms with E-state index in [2.05, 4.69) is 5.16 Å². The molecule has 1 aliphatic rings. The van der Waals surface area contributed by atoms with Gasteiger partial charge in [-0.25, -0.2) is 0 Å². The lowest BCUT2D eigenvalue weighted by Gasteiger charge is -2.16. The maximum atomic E-state index is 11.3. The Morgan fingerprint density at radius 2 is 1.67 bits per heavy atom. The molecule has 0 spiro atoms. The Morgan fingerprint density at radius 1 is 0.917 bits per heavy atom. The van der Waals surface area contributed by atoms with Gasteiger partial charge in [0.15, 0.2) is 0 Å². The molecule has 0 saturated heterocycles. The van der Waals surface area contributed by atoms with Gasteiger partial charge in [-0.2, -0.15) is 0 Å². The smallest absolute Gasteiger partial charge is 0.307 e. The average Bonchev–Trinajstić information content (AvgIpc) is 3.37. The third-order valence-corrected chi connectivity index (χ3v) is 5.73. The monoisotopic (exact) mass is 489 g/mol. The van der Waals surface area contributed by atoms with Gasteiger partial charge >= 0.3 is 5.97 Å². The number of benzene rings is 3. The summed E-state index contributed by atoms with van der Waals surface area (Å²) in [6, 6.07) is 22.4. The van der Waals surface area contributed by atoms with Crippen LogP contribution in [0, 0.1) is 0 Å². The summed E-state index contributed by atoms with van der Waals surface area (Å²) in [5, 5.41) is 13.6. The van der Waals surface area contributed by atoms with Crippen molar-refractivity contribution in [1.82, 2.24) is 0 Å². The molecule has 3 aromatic rings. The Balaban J connectivity index is 1.52. The highest BCUT2D eigenvalue weighted by molar-refractivity contribution is 6.01. The minimum Gasteiger partial charge on any atom is -0.490 e. The SMILES string of the molecule is CCO/N=C(\COc1cc(CC(=O)O)cc(OC2CCCC2)c1)c1cccc(Oc2ccccc2)c1. The van der Waals surface area contributed by atoms with E-state index in [1.54, 1.807) is 18.2 Å². The molecule has 0 aromatic heterocycles. The quantitative estimate of drug-likeness (QED) is 0.239. The first kappa shape index (κ1) is 25.1. The molecule has 36 heavy (non-hydrogen) atoms. The van der Waals surface area contributed by atoms with Crippen LogP contribution in [0.3, 0.4) is 0 Å². The molecule has 0 bridgehead atoms. The molecule has 188 valence electrons. The van der Waals surface area contributed by atoms with Crippen molar-refractivity contribution in [2.24, 2.45) is 5.16 Å². The number of hydrogen-bond donors (Lipinski definition) is 1. The van der Waals surface area contributed by atoms with Gasteiger partial charge in [0.25, 0.3) is 0 Å². The number of carboxylic acid groups (broad SMARTS) is 1. The van der Waals surface area contributed by atoms with Crippen LogP contribution in [-0.2, 0) is 16.1 Å². The van der Waals surface area contributed by atoms with E-state index < -0.39 is 5.97 Å². The van der Waals surface area contributed by atoms with Crippen molar-refractivity contribution >= 4 is 11.7 Å². The van der Waals surface area contributed by atoms with Gasteiger partial charge in [-0.3, -0.25) is 4.79 Å². The fourth-order valence-electron chi connectivity index (χ4n) is 4.08. The van der Waals surface area contributed by atoms with E-state index in [0.717, 1.165) is 37.0 Å². The molecule has 0 unspecified atom stereocenters. The van der Waals surface area contributed by atoms with Crippen molar-refractivity contribution in [3.63, 3.8) is 0 Å². The molecular weight excluding hydrogens is 458 g/mol. The predicted molar refractivity (Wildman–Crippen MR) is 137 cm³/mol. The number of carboxylic acids is 1. The number of rotatable bonds is 12. The van der Waals surface area contributed by atoms with Gasteiger partial charge in [0.1, 0.15) is 41.9 Å². The van der Waals surface area contributed by atoms with Gasteiger partial charge in [0.05, 0.1) is 12.5 Å². The molecule has 1 aliphatic carbocycles. The number of carbonyl (C=O) groups is 1. The summed E-state index contributed by atoms with van der Waals surface area (Å²) >= 11 is 0. The van der Waals surface area contributed by atoms with E-state index >= 15 is 0 Å². The summed E-state index contributed by atoms with van der Waals surface area (Å²) in [4.78, 5) is 16.7. The van der Waals surface area contributed by atoms with Gasteiger partial charge in [-0.05, 0) is 74.6 Å². The van der Waals surface area contributed by atoms with Gasteiger partial charge < -0.3 is 24.2 Å². The van der Waals surface area contributed by atoms with E-state index in [1.807, 2.05) is 61.5 Å². The van der Waals surface area contributed by atoms with Gasteiger partial charge in [-0.15, -0.1) is 0 Å². The van der Waals surface area contributed by atoms with Crippen molar-refractivity contribution in [2.75, 3.05) is 13.2 Å². The lowest BCUT2D eigenvalue weighted by atomic mass is 10.1. The third kappa shape index (κ3) is 7.50. The standard InChI is InChI=1S/C29H31NO6/c1-2-34-30-28(22-9-8-14-25(18-22)35-23-10-4-3-5-11-23)20-33-26-15-21(17-29(31)32)16-27(19-26)36-24-12-6-7-13-24/h3-5,8-11,14-16,18-19,24H,2,6-7,12-13,17,20H2,1H3,(H,31,32)/b30-28+. The number of hydrogen-bond acceptors (Lipinski definition) is 6. The first-order valence-corrected chi connectivity index (χ1v) is 12.3. The number of para-hydroxylation sites is 1. The van der Waals surface area contributed by atoms with Crippen LogP contribution >= 0.6 is 0 Å². The predicted octanol–water partition coefficient (Wildman–Crippen LogP) is 6.25. The van der Waals surface area contributed by atoms with E-state index in [4.69, 9.17) is 19.0 Å². The van der Waals surface area contributed by atoms with Crippen molar-refractivity contribution in [1.29, 1.82) is 0 Å². The van der Waals surface area contributed by atoms with E-state index in [9.17, 15) is 9.90 Å². The van der Waals surface area contributed by atoms with Crippen LogP contribution in [-0.4, -0.2) is 36.1 Å². The topological polar surface area (TPSA) is 86.6 Å². The second-order valence-electron chi connectivity index (χ2n) is 8.59. The Labute approximate surface area is 211 Å². The molecule has 7 heteroatoms. The molecular formula is C29H31NO6. The second-order valence-corrected chi connectivity index (χ2v) is 8.59.